The number of aromatic nitrogens is 4. The average Bonchev–Trinajstić information content (AvgIpc) is 3.90. The Morgan fingerprint density at radius 1 is 1.04 bits per heavy atom. The van der Waals surface area contributed by atoms with E-state index in [-0.39, 0.29) is 22.4 Å². The first kappa shape index (κ1) is 32.5. The van der Waals surface area contributed by atoms with Crippen LogP contribution in [0.5, 0.6) is 17.2 Å². The lowest BCUT2D eigenvalue weighted by atomic mass is 9.79. The fraction of sp³-hybridized carbons (Fsp3) is 0.350. The smallest absolute Gasteiger partial charge is 0.282 e. The van der Waals surface area contributed by atoms with Gasteiger partial charge in [-0.3, -0.25) is 9.48 Å². The molecule has 10 heteroatoms. The highest BCUT2D eigenvalue weighted by molar-refractivity contribution is 8.14. The van der Waals surface area contributed by atoms with E-state index in [2.05, 4.69) is 27.9 Å². The first-order chi connectivity index (χ1) is 24.4. The lowest BCUT2D eigenvalue weighted by molar-refractivity contribution is 0.0398. The van der Waals surface area contributed by atoms with Crippen LogP contribution in [-0.2, 0) is 12.1 Å². The Balaban J connectivity index is 1.08. The number of rotatable bonds is 10. The second-order valence-electron chi connectivity index (χ2n) is 13.7. The summed E-state index contributed by atoms with van der Waals surface area (Å²) < 4.78 is 13.5. The van der Waals surface area contributed by atoms with Gasteiger partial charge in [0.15, 0.2) is 0 Å². The first-order valence-corrected chi connectivity index (χ1v) is 18.3. The molecule has 5 aromatic rings. The SMILES string of the molecule is C=CC(Cn1cc(C2(O)CCCC2)nn1)C1CCN2C(=O)SC(c3cc(-c4ccc(Oc5ccccc5)cc4)nc4ccc(OC)cc34)C2C1. The van der Waals surface area contributed by atoms with Crippen molar-refractivity contribution in [3.63, 3.8) is 0 Å². The Bertz CT molecular complexity index is 2010. The van der Waals surface area contributed by atoms with E-state index in [9.17, 15) is 9.90 Å². The van der Waals surface area contributed by atoms with Crippen molar-refractivity contribution in [3.05, 3.63) is 109 Å². The topological polar surface area (TPSA) is 103 Å². The van der Waals surface area contributed by atoms with Gasteiger partial charge in [0.2, 0.25) is 0 Å². The highest BCUT2D eigenvalue weighted by Crippen LogP contribution is 2.51. The van der Waals surface area contributed by atoms with Crippen molar-refractivity contribution in [1.29, 1.82) is 0 Å². The van der Waals surface area contributed by atoms with E-state index in [1.165, 1.54) is 11.8 Å². The van der Waals surface area contributed by atoms with Crippen LogP contribution in [0.1, 0.15) is 55.0 Å². The number of hydrogen-bond donors (Lipinski definition) is 1. The molecule has 4 heterocycles. The number of para-hydroxylation sites is 1. The van der Waals surface area contributed by atoms with Gasteiger partial charge in [0, 0.05) is 30.1 Å². The van der Waals surface area contributed by atoms with Crippen LogP contribution in [0.25, 0.3) is 22.2 Å². The molecule has 1 amide bonds. The molecule has 8 rings (SSSR count). The molecule has 3 fully saturated rings. The highest BCUT2D eigenvalue weighted by atomic mass is 32.2. The molecule has 0 radical (unpaired) electrons. The number of nitrogens with zero attached hydrogens (tertiary/aromatic N) is 5. The largest absolute Gasteiger partial charge is 0.497 e. The molecule has 2 saturated heterocycles. The van der Waals surface area contributed by atoms with E-state index < -0.39 is 5.60 Å². The Hall–Kier alpha value is -4.67. The molecule has 3 aliphatic rings. The number of aliphatic hydroxyl groups is 1. The minimum Gasteiger partial charge on any atom is -0.497 e. The van der Waals surface area contributed by atoms with Gasteiger partial charge in [0.25, 0.3) is 5.24 Å². The zero-order valence-corrected chi connectivity index (χ0v) is 29.0. The average molecular weight is 688 g/mol. The van der Waals surface area contributed by atoms with Crippen molar-refractivity contribution < 1.29 is 19.4 Å². The number of ether oxygens (including phenoxy) is 2. The predicted molar refractivity (Wildman–Crippen MR) is 195 cm³/mol. The second-order valence-corrected chi connectivity index (χ2v) is 14.8. The number of hydrogen-bond acceptors (Lipinski definition) is 8. The molecule has 256 valence electrons. The Labute approximate surface area is 296 Å². The number of piperidine rings is 1. The van der Waals surface area contributed by atoms with Gasteiger partial charge in [-0.15, -0.1) is 11.7 Å². The molecule has 1 N–H and O–H groups in total. The fourth-order valence-corrected chi connectivity index (χ4v) is 9.28. The Kier molecular flexibility index (Phi) is 8.83. The molecule has 2 aliphatic heterocycles. The third kappa shape index (κ3) is 6.26. The fourth-order valence-electron chi connectivity index (χ4n) is 7.96. The van der Waals surface area contributed by atoms with Crippen LogP contribution in [0.4, 0.5) is 4.79 Å². The molecule has 3 aromatic carbocycles. The summed E-state index contributed by atoms with van der Waals surface area (Å²) in [5.41, 5.74) is 3.56. The number of carbonyl (C=O) groups excluding carboxylic acids is 1. The summed E-state index contributed by atoms with van der Waals surface area (Å²) in [5, 5.41) is 20.9. The zero-order chi connectivity index (χ0) is 34.2. The maximum absolute atomic E-state index is 13.6. The van der Waals surface area contributed by atoms with Crippen LogP contribution in [-0.4, -0.2) is 54.9 Å². The molecule has 1 saturated carbocycles. The lowest BCUT2D eigenvalue weighted by Gasteiger charge is -2.39. The molecule has 50 heavy (non-hydrogen) atoms. The van der Waals surface area contributed by atoms with Gasteiger partial charge in [-0.2, -0.15) is 0 Å². The van der Waals surface area contributed by atoms with Crippen molar-refractivity contribution in [3.8, 4) is 28.5 Å². The summed E-state index contributed by atoms with van der Waals surface area (Å²) in [7, 11) is 1.67. The van der Waals surface area contributed by atoms with E-state index in [1.807, 2.05) is 89.8 Å². The van der Waals surface area contributed by atoms with E-state index in [1.54, 1.807) is 7.11 Å². The van der Waals surface area contributed by atoms with Crippen molar-refractivity contribution in [1.82, 2.24) is 24.9 Å². The second kappa shape index (κ2) is 13.6. The lowest BCUT2D eigenvalue weighted by Crippen LogP contribution is -2.43. The summed E-state index contributed by atoms with van der Waals surface area (Å²) in [5.74, 6) is 2.74. The van der Waals surface area contributed by atoms with Crippen molar-refractivity contribution in [2.75, 3.05) is 13.7 Å². The minimum atomic E-state index is -0.866. The monoisotopic (exact) mass is 687 g/mol. The Morgan fingerprint density at radius 2 is 1.80 bits per heavy atom. The van der Waals surface area contributed by atoms with Crippen molar-refractivity contribution in [2.45, 2.75) is 62.0 Å². The molecular formula is C40H41N5O4S. The maximum Gasteiger partial charge on any atom is 0.282 e. The highest BCUT2D eigenvalue weighted by Gasteiger charge is 2.46. The van der Waals surface area contributed by atoms with Gasteiger partial charge in [-0.05, 0) is 104 Å². The van der Waals surface area contributed by atoms with Crippen LogP contribution in [0, 0.1) is 11.8 Å². The number of methoxy groups -OCH3 is 1. The Morgan fingerprint density at radius 3 is 2.56 bits per heavy atom. The van der Waals surface area contributed by atoms with Gasteiger partial charge in [0.1, 0.15) is 28.5 Å². The number of allylic oxidation sites excluding steroid dienone is 1. The van der Waals surface area contributed by atoms with Crippen molar-refractivity contribution >= 4 is 27.9 Å². The molecule has 4 atom stereocenters. The van der Waals surface area contributed by atoms with E-state index in [0.717, 1.165) is 83.5 Å². The normalized spacial score (nSPS) is 22.0. The number of benzene rings is 3. The minimum absolute atomic E-state index is 0.0190. The van der Waals surface area contributed by atoms with Crippen LogP contribution in [0.15, 0.2) is 97.7 Å². The molecule has 1 aliphatic carbocycles. The standard InChI is InChI=1S/C40H41N5O4S/c1-3-26(24-44-25-37(42-43-44)40(47)18-7-8-19-40)28-17-20-45-36(21-28)38(50-39(45)46)33-23-35(41-34-16-15-31(48-2)22-32(33)34)27-11-13-30(14-12-27)49-29-9-5-4-6-10-29/h3-6,9-16,22-23,25-26,28,36,38,47H,1,7-8,17-21,24H2,2H3. The summed E-state index contributed by atoms with van der Waals surface area (Å²) in [4.78, 5) is 20.7. The van der Waals surface area contributed by atoms with Gasteiger partial charge in [0.05, 0.1) is 29.8 Å². The molecule has 4 unspecified atom stereocenters. The van der Waals surface area contributed by atoms with Crippen LogP contribution < -0.4 is 9.47 Å². The third-order valence-corrected chi connectivity index (χ3v) is 12.0. The summed E-state index contributed by atoms with van der Waals surface area (Å²) in [6.07, 6.45) is 9.16. The number of amides is 1. The summed E-state index contributed by atoms with van der Waals surface area (Å²) in [6.45, 7) is 5.55. The molecule has 0 bridgehead atoms. The quantitative estimate of drug-likeness (QED) is 0.146. The number of carbonyl (C=O) groups is 1. The maximum atomic E-state index is 13.6. The van der Waals surface area contributed by atoms with Gasteiger partial charge < -0.3 is 19.5 Å². The summed E-state index contributed by atoms with van der Waals surface area (Å²) in [6, 6.07) is 25.9. The third-order valence-electron chi connectivity index (χ3n) is 10.7. The number of pyridine rings is 1. The molecule has 2 aromatic heterocycles. The zero-order valence-electron chi connectivity index (χ0n) is 28.1. The van der Waals surface area contributed by atoms with Crippen LogP contribution >= 0.6 is 11.8 Å². The number of thioether (sulfide) groups is 1. The molecule has 9 nitrogen and oxygen atoms in total. The first-order valence-electron chi connectivity index (χ1n) is 17.5. The van der Waals surface area contributed by atoms with Crippen LogP contribution in [0.3, 0.4) is 0 Å². The molecular weight excluding hydrogens is 647 g/mol. The number of fused-ring (bicyclic) bond motifs is 2. The van der Waals surface area contributed by atoms with Crippen molar-refractivity contribution in [2.24, 2.45) is 11.8 Å². The van der Waals surface area contributed by atoms with Gasteiger partial charge in [-0.25, -0.2) is 4.98 Å². The van der Waals surface area contributed by atoms with E-state index in [4.69, 9.17) is 14.5 Å². The van der Waals surface area contributed by atoms with E-state index in [0.29, 0.717) is 24.7 Å². The van der Waals surface area contributed by atoms with Gasteiger partial charge >= 0.3 is 0 Å². The predicted octanol–water partition coefficient (Wildman–Crippen LogP) is 8.55. The summed E-state index contributed by atoms with van der Waals surface area (Å²) >= 11 is 1.42. The van der Waals surface area contributed by atoms with Gasteiger partial charge in [-0.1, -0.05) is 54.1 Å². The van der Waals surface area contributed by atoms with Crippen LogP contribution in [0.2, 0.25) is 0 Å². The molecule has 0 spiro atoms. The van der Waals surface area contributed by atoms with E-state index >= 15 is 0 Å².